The molecule has 1 aromatic rings. The van der Waals surface area contributed by atoms with Gasteiger partial charge in [-0.15, -0.1) is 0 Å². The van der Waals surface area contributed by atoms with Crippen molar-refractivity contribution in [3.63, 3.8) is 0 Å². The summed E-state index contributed by atoms with van der Waals surface area (Å²) in [6, 6.07) is 8.41. The molecule has 3 nitrogen and oxygen atoms in total. The molecule has 0 aliphatic rings. The van der Waals surface area contributed by atoms with Gasteiger partial charge in [0.15, 0.2) is 6.10 Å². The van der Waals surface area contributed by atoms with Gasteiger partial charge in [-0.1, -0.05) is 32.6 Å². The Balaban J connectivity index is 2.76. The van der Waals surface area contributed by atoms with Crippen LogP contribution in [-0.2, 0) is 4.74 Å². The minimum Gasteiger partial charge on any atom is -0.446 e. The highest BCUT2D eigenvalue weighted by Crippen LogP contribution is 2.12. The van der Waals surface area contributed by atoms with Crippen LogP contribution in [0.3, 0.4) is 0 Å². The molecule has 0 fully saturated rings. The highest BCUT2D eigenvalue weighted by atomic mass is 16.5. The van der Waals surface area contributed by atoms with Crippen molar-refractivity contribution in [3.05, 3.63) is 35.4 Å². The van der Waals surface area contributed by atoms with E-state index in [1.54, 1.807) is 24.3 Å². The van der Waals surface area contributed by atoms with E-state index >= 15 is 0 Å². The van der Waals surface area contributed by atoms with E-state index in [0.29, 0.717) is 17.0 Å². The summed E-state index contributed by atoms with van der Waals surface area (Å²) in [5.41, 5.74) is 0.960. The van der Waals surface area contributed by atoms with E-state index in [0.717, 1.165) is 12.8 Å². The molecular weight excluding hydrogens is 250 g/mol. The third kappa shape index (κ3) is 5.16. The van der Waals surface area contributed by atoms with Crippen molar-refractivity contribution in [3.8, 4) is 17.9 Å². The number of ether oxygens (including phenoxy) is 1. The van der Waals surface area contributed by atoms with Crippen LogP contribution < -0.4 is 0 Å². The fraction of sp³-hybridized carbons (Fsp3) is 0.412. The molecule has 0 amide bonds. The minimum atomic E-state index is -0.398. The third-order valence-electron chi connectivity index (χ3n) is 2.62. The van der Waals surface area contributed by atoms with E-state index in [9.17, 15) is 4.79 Å². The van der Waals surface area contributed by atoms with Gasteiger partial charge in [-0.25, -0.2) is 4.79 Å². The zero-order valence-electron chi connectivity index (χ0n) is 12.1. The molecule has 0 radical (unpaired) electrons. The molecule has 1 aromatic carbocycles. The van der Waals surface area contributed by atoms with Crippen molar-refractivity contribution in [2.24, 2.45) is 5.92 Å². The molecule has 0 heterocycles. The van der Waals surface area contributed by atoms with Gasteiger partial charge in [0.05, 0.1) is 17.2 Å². The number of rotatable bonds is 4. The van der Waals surface area contributed by atoms with Gasteiger partial charge >= 0.3 is 5.97 Å². The second-order valence-corrected chi connectivity index (χ2v) is 4.89. The lowest BCUT2D eigenvalue weighted by molar-refractivity contribution is 0.0377. The van der Waals surface area contributed by atoms with Gasteiger partial charge in [0.1, 0.15) is 0 Å². The maximum absolute atomic E-state index is 12.0. The Morgan fingerprint density at radius 3 is 2.45 bits per heavy atom. The van der Waals surface area contributed by atoms with Crippen LogP contribution in [-0.4, -0.2) is 12.1 Å². The van der Waals surface area contributed by atoms with Crippen LogP contribution in [0.25, 0.3) is 0 Å². The predicted molar refractivity (Wildman–Crippen MR) is 77.9 cm³/mol. The number of esters is 1. The SMILES string of the molecule is CCC#CC(CC(C)C)OC(=O)c1ccc(C#N)cc1. The van der Waals surface area contributed by atoms with E-state index in [-0.39, 0.29) is 6.10 Å². The van der Waals surface area contributed by atoms with E-state index < -0.39 is 5.97 Å². The van der Waals surface area contributed by atoms with Crippen molar-refractivity contribution in [2.75, 3.05) is 0 Å². The first-order chi connectivity index (χ1) is 9.56. The second kappa shape index (κ2) is 8.02. The monoisotopic (exact) mass is 269 g/mol. The maximum atomic E-state index is 12.0. The van der Waals surface area contributed by atoms with E-state index in [4.69, 9.17) is 10.00 Å². The van der Waals surface area contributed by atoms with Crippen LogP contribution in [0.15, 0.2) is 24.3 Å². The molecule has 20 heavy (non-hydrogen) atoms. The molecular formula is C17H19NO2. The molecule has 0 aliphatic heterocycles. The van der Waals surface area contributed by atoms with Gasteiger partial charge in [0.25, 0.3) is 0 Å². The summed E-state index contributed by atoms with van der Waals surface area (Å²) in [6.07, 6.45) is 1.08. The van der Waals surface area contributed by atoms with Crippen LogP contribution in [0.4, 0.5) is 0 Å². The van der Waals surface area contributed by atoms with Gasteiger partial charge in [-0.3, -0.25) is 0 Å². The summed E-state index contributed by atoms with van der Waals surface area (Å²) < 4.78 is 5.43. The lowest BCUT2D eigenvalue weighted by Crippen LogP contribution is -2.18. The van der Waals surface area contributed by atoms with Crippen molar-refractivity contribution in [1.29, 1.82) is 5.26 Å². The number of carbonyl (C=O) groups is 1. The Morgan fingerprint density at radius 1 is 1.30 bits per heavy atom. The van der Waals surface area contributed by atoms with Crippen LogP contribution in [0.5, 0.6) is 0 Å². The summed E-state index contributed by atoms with van der Waals surface area (Å²) in [6.45, 7) is 6.09. The highest BCUT2D eigenvalue weighted by Gasteiger charge is 2.15. The molecule has 0 saturated carbocycles. The van der Waals surface area contributed by atoms with Gasteiger partial charge in [-0.05, 0) is 36.6 Å². The first-order valence-electron chi connectivity index (χ1n) is 6.76. The molecule has 0 saturated heterocycles. The Hall–Kier alpha value is -2.26. The Morgan fingerprint density at radius 2 is 1.95 bits per heavy atom. The summed E-state index contributed by atoms with van der Waals surface area (Å²) in [7, 11) is 0. The molecule has 0 bridgehead atoms. The number of hydrogen-bond acceptors (Lipinski definition) is 3. The minimum absolute atomic E-state index is 0.377. The van der Waals surface area contributed by atoms with Crippen LogP contribution >= 0.6 is 0 Å². The standard InChI is InChI=1S/C17H19NO2/c1-4-5-6-16(11-13(2)3)20-17(19)15-9-7-14(12-18)8-10-15/h7-10,13,16H,4,11H2,1-3H3. The molecule has 1 atom stereocenters. The number of nitrogens with zero attached hydrogens (tertiary/aromatic N) is 1. The number of hydrogen-bond donors (Lipinski definition) is 0. The van der Waals surface area contributed by atoms with Gasteiger partial charge in [0, 0.05) is 6.42 Å². The fourth-order valence-electron chi connectivity index (χ4n) is 1.66. The lowest BCUT2D eigenvalue weighted by atomic mass is 10.1. The zero-order valence-corrected chi connectivity index (χ0v) is 12.1. The van der Waals surface area contributed by atoms with E-state index in [2.05, 4.69) is 25.7 Å². The number of benzene rings is 1. The van der Waals surface area contributed by atoms with Crippen LogP contribution in [0.2, 0.25) is 0 Å². The molecule has 0 spiro atoms. The maximum Gasteiger partial charge on any atom is 0.339 e. The number of carbonyl (C=O) groups excluding carboxylic acids is 1. The molecule has 0 aromatic heterocycles. The quantitative estimate of drug-likeness (QED) is 0.620. The summed E-state index contributed by atoms with van der Waals surface area (Å²) in [5, 5.41) is 8.72. The fourth-order valence-corrected chi connectivity index (χ4v) is 1.66. The average Bonchev–Trinajstić information content (AvgIpc) is 2.44. The average molecular weight is 269 g/mol. The molecule has 0 N–H and O–H groups in total. The molecule has 0 aliphatic carbocycles. The van der Waals surface area contributed by atoms with Gasteiger partial charge < -0.3 is 4.74 Å². The van der Waals surface area contributed by atoms with E-state index in [1.807, 2.05) is 13.0 Å². The highest BCUT2D eigenvalue weighted by molar-refractivity contribution is 5.89. The third-order valence-corrected chi connectivity index (χ3v) is 2.62. The van der Waals surface area contributed by atoms with Crippen molar-refractivity contribution < 1.29 is 9.53 Å². The Bertz CT molecular complexity index is 541. The van der Waals surface area contributed by atoms with Gasteiger partial charge in [0.2, 0.25) is 0 Å². The molecule has 1 rings (SSSR count). The summed E-state index contributed by atoms with van der Waals surface area (Å²) >= 11 is 0. The number of nitriles is 1. The van der Waals surface area contributed by atoms with E-state index in [1.165, 1.54) is 0 Å². The lowest BCUT2D eigenvalue weighted by Gasteiger charge is -2.14. The van der Waals surface area contributed by atoms with Crippen LogP contribution in [0.1, 0.15) is 49.5 Å². The Kier molecular flexibility index (Phi) is 6.33. The molecule has 3 heteroatoms. The first-order valence-corrected chi connectivity index (χ1v) is 6.76. The molecule has 1 unspecified atom stereocenters. The normalized spacial score (nSPS) is 11.2. The van der Waals surface area contributed by atoms with Crippen molar-refractivity contribution in [1.82, 2.24) is 0 Å². The Labute approximate surface area is 120 Å². The van der Waals surface area contributed by atoms with Crippen molar-refractivity contribution in [2.45, 2.75) is 39.7 Å². The largest absolute Gasteiger partial charge is 0.446 e. The zero-order chi connectivity index (χ0) is 15.0. The summed E-state index contributed by atoms with van der Waals surface area (Å²) in [5.74, 6) is 5.94. The first kappa shape index (κ1) is 15.8. The molecule has 104 valence electrons. The topological polar surface area (TPSA) is 50.1 Å². The smallest absolute Gasteiger partial charge is 0.339 e. The predicted octanol–water partition coefficient (Wildman–Crippen LogP) is 3.54. The van der Waals surface area contributed by atoms with Crippen LogP contribution in [0, 0.1) is 29.1 Å². The summed E-state index contributed by atoms with van der Waals surface area (Å²) in [4.78, 5) is 12.0. The van der Waals surface area contributed by atoms with Crippen molar-refractivity contribution >= 4 is 5.97 Å². The van der Waals surface area contributed by atoms with Gasteiger partial charge in [-0.2, -0.15) is 5.26 Å². The second-order valence-electron chi connectivity index (χ2n) is 4.89.